The summed E-state index contributed by atoms with van der Waals surface area (Å²) >= 11 is 0. The highest BCUT2D eigenvalue weighted by molar-refractivity contribution is 5.97. The molecule has 2 N–H and O–H groups in total. The summed E-state index contributed by atoms with van der Waals surface area (Å²) < 4.78 is 19.2. The van der Waals surface area contributed by atoms with Crippen molar-refractivity contribution in [3.05, 3.63) is 65.0 Å². The Balaban J connectivity index is 1.36. The van der Waals surface area contributed by atoms with Crippen LogP contribution in [0, 0.1) is 5.82 Å². The zero-order chi connectivity index (χ0) is 27.9. The van der Waals surface area contributed by atoms with Gasteiger partial charge in [-0.3, -0.25) is 14.6 Å². The fourth-order valence-corrected chi connectivity index (χ4v) is 6.44. The average molecular weight is 539 g/mol. The van der Waals surface area contributed by atoms with Crippen LogP contribution in [0.5, 0.6) is 0 Å². The number of piperazine rings is 1. The predicted molar refractivity (Wildman–Crippen MR) is 152 cm³/mol. The van der Waals surface area contributed by atoms with Crippen molar-refractivity contribution in [3.63, 3.8) is 0 Å². The van der Waals surface area contributed by atoms with Gasteiger partial charge in [-0.05, 0) is 55.7 Å². The van der Waals surface area contributed by atoms with Crippen molar-refractivity contribution in [1.82, 2.24) is 15.1 Å². The number of nitrogens with zero attached hydrogens (tertiary/aromatic N) is 3. The fourth-order valence-electron chi connectivity index (χ4n) is 6.44. The minimum atomic E-state index is -0.896. The van der Waals surface area contributed by atoms with Crippen molar-refractivity contribution in [1.29, 1.82) is 0 Å². The van der Waals surface area contributed by atoms with E-state index in [1.54, 1.807) is 12.1 Å². The average Bonchev–Trinajstić information content (AvgIpc) is 3.17. The number of amides is 1. The molecule has 5 atom stereocenters. The van der Waals surface area contributed by atoms with Crippen LogP contribution >= 0.6 is 0 Å². The lowest BCUT2D eigenvalue weighted by atomic mass is 9.86. The highest BCUT2D eigenvalue weighted by Crippen LogP contribution is 2.42. The predicted octanol–water partition coefficient (Wildman–Crippen LogP) is 3.30. The maximum absolute atomic E-state index is 14.0. The van der Waals surface area contributed by atoms with Gasteiger partial charge in [0.15, 0.2) is 0 Å². The number of hydrogen-bond acceptors (Lipinski definition) is 6. The Labute approximate surface area is 231 Å². The van der Waals surface area contributed by atoms with Gasteiger partial charge in [0.1, 0.15) is 11.9 Å². The van der Waals surface area contributed by atoms with Gasteiger partial charge in [0, 0.05) is 61.4 Å². The molecular weight excluding hydrogens is 495 g/mol. The molecule has 0 spiro atoms. The Kier molecular flexibility index (Phi) is 8.13. The second-order valence-corrected chi connectivity index (χ2v) is 12.4. The van der Waals surface area contributed by atoms with Crippen LogP contribution in [0.25, 0.3) is 0 Å². The number of morpholine rings is 1. The van der Waals surface area contributed by atoms with E-state index in [0.717, 1.165) is 44.1 Å². The number of carbonyl (C=O) groups excluding carboxylic acids is 1. The van der Waals surface area contributed by atoms with E-state index in [4.69, 9.17) is 4.74 Å². The minimum Gasteiger partial charge on any atom is -0.384 e. The van der Waals surface area contributed by atoms with Crippen molar-refractivity contribution in [3.8, 4) is 0 Å². The fraction of sp³-hybridized carbons (Fsp3) is 0.581. The highest BCUT2D eigenvalue weighted by Gasteiger charge is 2.40. The molecule has 3 aliphatic rings. The molecule has 2 saturated heterocycles. The highest BCUT2D eigenvalue weighted by atomic mass is 19.1. The topological polar surface area (TPSA) is 68.3 Å². The van der Waals surface area contributed by atoms with Gasteiger partial charge in [0.2, 0.25) is 5.91 Å². The molecule has 212 valence electrons. The van der Waals surface area contributed by atoms with Crippen LogP contribution in [-0.2, 0) is 14.9 Å². The van der Waals surface area contributed by atoms with Crippen LogP contribution in [0.3, 0.4) is 0 Å². The van der Waals surface area contributed by atoms with Gasteiger partial charge in [-0.2, -0.15) is 0 Å². The molecule has 2 fully saturated rings. The van der Waals surface area contributed by atoms with Crippen LogP contribution < -0.4 is 10.2 Å². The lowest BCUT2D eigenvalue weighted by molar-refractivity contribution is -0.121. The van der Waals surface area contributed by atoms with Gasteiger partial charge >= 0.3 is 0 Å². The Hall–Kier alpha value is -2.36. The first-order valence-electron chi connectivity index (χ1n) is 14.2. The number of ether oxygens (including phenoxy) is 1. The van der Waals surface area contributed by atoms with Crippen molar-refractivity contribution < 1.29 is 19.0 Å². The first-order chi connectivity index (χ1) is 18.5. The van der Waals surface area contributed by atoms with E-state index in [9.17, 15) is 14.3 Å². The number of benzene rings is 2. The Morgan fingerprint density at radius 1 is 1.10 bits per heavy atom. The number of fused-ring (bicyclic) bond motifs is 1. The third-order valence-electron chi connectivity index (χ3n) is 8.73. The number of halogens is 1. The van der Waals surface area contributed by atoms with E-state index in [1.807, 2.05) is 23.1 Å². The van der Waals surface area contributed by atoms with Crippen molar-refractivity contribution in [2.45, 2.75) is 70.3 Å². The lowest BCUT2D eigenvalue weighted by Crippen LogP contribution is -2.63. The smallest absolute Gasteiger partial charge is 0.241 e. The number of anilines is 1. The lowest BCUT2D eigenvalue weighted by Gasteiger charge is -2.46. The number of aliphatic hydroxyl groups is 1. The standard InChI is InChI=1S/C31H43FN4O3/c1-20-14-34(26(13-33-20)15-35-21(2)17-39-18-22(35)3)16-29(37)36-19-31(4,5)27-11-8-24(12-28(27)36)30(38)23-6-9-25(32)10-7-23/h6-12,20-22,26,30,33,38H,13-19H2,1-5H3/t20-,21-,22-,26-,30+/m1/s1. The number of hydrogen-bond donors (Lipinski definition) is 2. The van der Waals surface area contributed by atoms with E-state index in [1.165, 1.54) is 12.1 Å². The molecule has 39 heavy (non-hydrogen) atoms. The largest absolute Gasteiger partial charge is 0.384 e. The minimum absolute atomic E-state index is 0.0809. The zero-order valence-electron chi connectivity index (χ0n) is 23.9. The summed E-state index contributed by atoms with van der Waals surface area (Å²) in [5, 5.41) is 14.7. The normalized spacial score (nSPS) is 28.3. The molecular formula is C31H43FN4O3. The van der Waals surface area contributed by atoms with E-state index < -0.39 is 6.10 Å². The third-order valence-corrected chi connectivity index (χ3v) is 8.73. The summed E-state index contributed by atoms with van der Waals surface area (Å²) in [6.07, 6.45) is -0.896. The van der Waals surface area contributed by atoms with Gasteiger partial charge in [-0.25, -0.2) is 4.39 Å². The molecule has 2 aromatic carbocycles. The van der Waals surface area contributed by atoms with Crippen LogP contribution in [0.4, 0.5) is 10.1 Å². The second kappa shape index (κ2) is 11.3. The maximum Gasteiger partial charge on any atom is 0.241 e. The molecule has 3 aliphatic heterocycles. The van der Waals surface area contributed by atoms with Crippen LogP contribution in [0.1, 0.15) is 57.4 Å². The van der Waals surface area contributed by atoms with Gasteiger partial charge < -0.3 is 20.1 Å². The Morgan fingerprint density at radius 3 is 2.46 bits per heavy atom. The van der Waals surface area contributed by atoms with Crippen molar-refractivity contribution in [2.75, 3.05) is 50.8 Å². The van der Waals surface area contributed by atoms with Crippen LogP contribution in [0.15, 0.2) is 42.5 Å². The van der Waals surface area contributed by atoms with Gasteiger partial charge in [0.05, 0.1) is 19.8 Å². The monoisotopic (exact) mass is 538 g/mol. The van der Waals surface area contributed by atoms with E-state index in [-0.39, 0.29) is 23.2 Å². The summed E-state index contributed by atoms with van der Waals surface area (Å²) in [4.78, 5) is 20.7. The summed E-state index contributed by atoms with van der Waals surface area (Å²) in [7, 11) is 0. The number of rotatable bonds is 6. The molecule has 5 rings (SSSR count). The molecule has 0 aromatic heterocycles. The van der Waals surface area contributed by atoms with Crippen molar-refractivity contribution in [2.24, 2.45) is 0 Å². The number of carbonyl (C=O) groups is 1. The zero-order valence-corrected chi connectivity index (χ0v) is 23.9. The molecule has 0 aliphatic carbocycles. The Bertz CT molecular complexity index is 1160. The Morgan fingerprint density at radius 2 is 1.77 bits per heavy atom. The SMILES string of the molecule is C[C@@H]1CN(CC(=O)N2CC(C)(C)c3ccc([C@@H](O)c4ccc(F)cc4)cc32)[C@@H](CN2[C@H](C)COC[C@H]2C)CN1. The molecule has 0 radical (unpaired) electrons. The molecule has 0 unspecified atom stereocenters. The molecule has 0 saturated carbocycles. The third kappa shape index (κ3) is 5.91. The van der Waals surface area contributed by atoms with E-state index in [0.29, 0.717) is 42.3 Å². The molecule has 2 aromatic rings. The molecule has 7 nitrogen and oxygen atoms in total. The summed E-state index contributed by atoms with van der Waals surface area (Å²) in [5.74, 6) is -0.256. The molecule has 8 heteroatoms. The number of nitrogens with one attached hydrogen (secondary N) is 1. The maximum atomic E-state index is 14.0. The van der Waals surface area contributed by atoms with Crippen LogP contribution in [-0.4, -0.2) is 90.9 Å². The second-order valence-electron chi connectivity index (χ2n) is 12.4. The van der Waals surface area contributed by atoms with Gasteiger partial charge in [-0.1, -0.05) is 38.1 Å². The molecule has 1 amide bonds. The summed E-state index contributed by atoms with van der Waals surface area (Å²) in [6, 6.07) is 13.0. The first-order valence-corrected chi connectivity index (χ1v) is 14.2. The van der Waals surface area contributed by atoms with Gasteiger partial charge in [0.25, 0.3) is 0 Å². The van der Waals surface area contributed by atoms with Crippen molar-refractivity contribution >= 4 is 11.6 Å². The summed E-state index contributed by atoms with van der Waals surface area (Å²) in [5.41, 5.74) is 3.08. The number of aliphatic hydroxyl groups excluding tert-OH is 1. The van der Waals surface area contributed by atoms with Gasteiger partial charge in [-0.15, -0.1) is 0 Å². The summed E-state index contributed by atoms with van der Waals surface area (Å²) in [6.45, 7) is 15.9. The van der Waals surface area contributed by atoms with E-state index >= 15 is 0 Å². The first kappa shape index (κ1) is 28.2. The van der Waals surface area contributed by atoms with E-state index in [2.05, 4.69) is 49.7 Å². The quantitative estimate of drug-likeness (QED) is 0.589. The molecule has 3 heterocycles. The van der Waals surface area contributed by atoms with Crippen LogP contribution in [0.2, 0.25) is 0 Å². The molecule has 0 bridgehead atoms.